The van der Waals surface area contributed by atoms with Gasteiger partial charge in [0.15, 0.2) is 5.84 Å². The Hall–Kier alpha value is -13.1. The van der Waals surface area contributed by atoms with Gasteiger partial charge in [0.1, 0.15) is 37.5 Å². The quantitative estimate of drug-likeness (QED) is 0.0239. The van der Waals surface area contributed by atoms with Crippen LogP contribution in [-0.4, -0.2) is 98.1 Å². The van der Waals surface area contributed by atoms with Crippen molar-refractivity contribution in [2.75, 3.05) is 11.5 Å². The summed E-state index contributed by atoms with van der Waals surface area (Å²) in [5.41, 5.74) is 2.39. The van der Waals surface area contributed by atoms with Crippen molar-refractivity contribution in [1.29, 1.82) is 0 Å². The van der Waals surface area contributed by atoms with E-state index in [1.165, 1.54) is 66.7 Å². The van der Waals surface area contributed by atoms with E-state index in [4.69, 9.17) is 21.4 Å². The highest BCUT2D eigenvalue weighted by atomic mass is 32.2. The van der Waals surface area contributed by atoms with Crippen molar-refractivity contribution in [1.82, 2.24) is 5.32 Å². The number of oxime groups is 6. The molecule has 0 heterocycles. The molecule has 0 aliphatic carbocycles. The molecule has 0 aromatic heterocycles. The number of hydrogen-bond donors (Lipinski definition) is 1. The number of halogens is 3. The van der Waals surface area contributed by atoms with Crippen LogP contribution in [0.25, 0.3) is 10.8 Å². The second-order valence-electron chi connectivity index (χ2n) is 25.3. The summed E-state index contributed by atoms with van der Waals surface area (Å²) >= 11 is -1.64. The molecule has 0 spiro atoms. The predicted octanol–water partition coefficient (Wildman–Crippen LogP) is 17.2. The van der Waals surface area contributed by atoms with Crippen molar-refractivity contribution in [3.8, 4) is 0 Å². The fourth-order valence-corrected chi connectivity index (χ4v) is 15.2. The summed E-state index contributed by atoms with van der Waals surface area (Å²) in [6.45, 7) is 5.56. The van der Waals surface area contributed by atoms with Crippen molar-refractivity contribution >= 4 is 113 Å². The number of nitrogens with zero attached hydrogens (tertiary/aromatic N) is 6. The lowest BCUT2D eigenvalue weighted by Crippen LogP contribution is -2.32. The minimum absolute atomic E-state index is 0.0302. The van der Waals surface area contributed by atoms with Crippen LogP contribution in [0.4, 0.5) is 13.2 Å². The molecule has 12 aromatic carbocycles. The standard InChI is InChI=1S/C26H20N2O6S2.C22H28N2O6S2.C21H15F3N2O4S.C18H15NO2S/c29-35(30,23-17-9-3-10-18-23)33-27-25(21-13-5-1-6-14-21)26(22-15-7-2-8-16-22)28-34-36(31,32)24-19-11-4-12-20-24;1-3-5-17-31(25,26)29-23-21(19-13-9-7-10-14-19)22(20-15-11-8-12-16-20)24-30-32(27,28)18-6-4-2;22-21(23,24)17-11-7-10-16(14-17)19(25-20(27)15-8-3-1-4-9-15)26-30-31(28,29)18-12-5-2-6-13-18;1-14(15-8-3-2-4-9-15)19-21-22(20)18-13-7-11-16-10-5-6-12-17(16)18/h1-20H;7-16H,3-6,17-18H2,1-2H3;1-14H,(H,25,26,27);2-13H,1H3/b27-25-,28-26-;23-21-,24-22-;;19-14+. The lowest BCUT2D eigenvalue weighted by molar-refractivity contribution is -0.137. The van der Waals surface area contributed by atoms with Gasteiger partial charge in [-0.15, -0.1) is 0 Å². The Labute approximate surface area is 702 Å². The molecule has 12 rings (SSSR count). The van der Waals surface area contributed by atoms with Crippen molar-refractivity contribution in [3.63, 3.8) is 0 Å². The highest BCUT2D eigenvalue weighted by molar-refractivity contribution is 7.87. The average molecular weight is 1760 g/mol. The van der Waals surface area contributed by atoms with Crippen LogP contribution in [0, 0.1) is 0 Å². The molecule has 121 heavy (non-hydrogen) atoms. The average Bonchev–Trinajstić information content (AvgIpc) is 0.825. The van der Waals surface area contributed by atoms with E-state index in [2.05, 4.69) is 40.5 Å². The van der Waals surface area contributed by atoms with Gasteiger partial charge in [0, 0.05) is 38.8 Å². The summed E-state index contributed by atoms with van der Waals surface area (Å²) in [5, 5.41) is 27.3. The van der Waals surface area contributed by atoms with Crippen molar-refractivity contribution in [3.05, 3.63) is 384 Å². The van der Waals surface area contributed by atoms with E-state index in [-0.39, 0.29) is 60.2 Å². The summed E-state index contributed by atoms with van der Waals surface area (Å²) in [6, 6.07) is 91.1. The number of hydrogen-bond acceptors (Lipinski definition) is 24. The van der Waals surface area contributed by atoms with E-state index in [9.17, 15) is 64.3 Å². The molecule has 34 heteroatoms. The molecule has 25 nitrogen and oxygen atoms in total. The summed E-state index contributed by atoms with van der Waals surface area (Å²) < 4.78 is 206. The van der Waals surface area contributed by atoms with E-state index < -0.39 is 85.2 Å². The number of benzene rings is 12. The number of fused-ring (bicyclic) bond motifs is 1. The number of amidine groups is 1. The number of amides is 1. The second-order valence-corrected chi connectivity index (χ2v) is 34.3. The maximum absolute atomic E-state index is 13.1. The molecular weight excluding hydrogens is 1680 g/mol. The second kappa shape index (κ2) is 44.6. The van der Waals surface area contributed by atoms with Crippen LogP contribution in [0.5, 0.6) is 0 Å². The van der Waals surface area contributed by atoms with E-state index in [0.29, 0.717) is 58.5 Å². The first-order valence-electron chi connectivity index (χ1n) is 36.7. The van der Waals surface area contributed by atoms with Gasteiger partial charge in [0.25, 0.3) is 17.0 Å². The van der Waals surface area contributed by atoms with Crippen LogP contribution in [0.3, 0.4) is 0 Å². The number of carbonyl (C=O) groups is 1. The zero-order valence-electron chi connectivity index (χ0n) is 64.7. The molecule has 626 valence electrons. The number of unbranched alkanes of at least 4 members (excludes halogenated alkanes) is 2. The van der Waals surface area contributed by atoms with Crippen LogP contribution in [-0.2, 0) is 93.6 Å². The van der Waals surface area contributed by atoms with Crippen LogP contribution in [0.2, 0.25) is 0 Å². The van der Waals surface area contributed by atoms with Gasteiger partial charge >= 0.3 is 56.8 Å². The topological polar surface area (TPSA) is 346 Å². The highest BCUT2D eigenvalue weighted by Crippen LogP contribution is 2.30. The zero-order chi connectivity index (χ0) is 86.7. The molecule has 0 fully saturated rings. The SMILES string of the molecule is C/C(=N\OS(=O)c1cccc2ccccc12)c1ccccc1.CCCCS(=O)(=O)O/N=C(\C(=N/OS(=O)(=O)CCCC)c1ccccc1)c1ccccc1.O=C(N/C(=N\OS(=O)(=O)c1ccccc1)c1cccc(C(F)(F)F)c1)c1ccccc1.O=S(=O)(O/N=C(\C(=N/OS(=O)(=O)c1ccccc1)c1ccccc1)c1ccccc1)c1ccccc1. The van der Waals surface area contributed by atoms with Crippen LogP contribution >= 0.6 is 0 Å². The first-order chi connectivity index (χ1) is 58.1. The minimum atomic E-state index is -4.65. The Morgan fingerprint density at radius 2 is 0.661 bits per heavy atom. The third-order valence-corrected chi connectivity index (χ3v) is 23.0. The van der Waals surface area contributed by atoms with Crippen molar-refractivity contribution in [2.45, 2.75) is 72.2 Å². The van der Waals surface area contributed by atoms with Crippen LogP contribution < -0.4 is 5.32 Å². The van der Waals surface area contributed by atoms with Gasteiger partial charge in [-0.25, -0.2) is 4.21 Å². The first-order valence-corrected chi connectivity index (χ1v) is 45.1. The normalized spacial score (nSPS) is 12.7. The molecule has 0 aliphatic heterocycles. The first kappa shape index (κ1) is 91.8. The lowest BCUT2D eigenvalue weighted by Gasteiger charge is -2.12. The fraction of sp³-hybridized carbons (Fsp3) is 0.115. The monoisotopic (exact) mass is 1760 g/mol. The summed E-state index contributed by atoms with van der Waals surface area (Å²) in [7, 11) is -20.7. The Kier molecular flexibility index (Phi) is 33.8. The number of carbonyl (C=O) groups excluding carboxylic acids is 1. The molecule has 0 radical (unpaired) electrons. The lowest BCUT2D eigenvalue weighted by atomic mass is 10.0. The van der Waals surface area contributed by atoms with Crippen molar-refractivity contribution < 1.29 is 90.0 Å². The summed E-state index contributed by atoms with van der Waals surface area (Å²) in [5.74, 6) is -1.58. The Bertz CT molecular complexity index is 6030. The smallest absolute Gasteiger partial charge is 0.303 e. The van der Waals surface area contributed by atoms with E-state index in [1.807, 2.05) is 87.5 Å². The molecule has 0 bridgehead atoms. The Morgan fingerprint density at radius 3 is 1.03 bits per heavy atom. The Balaban J connectivity index is 0.000000186. The molecule has 1 N–H and O–H groups in total. The molecular formula is C87H78F3N7O18S6. The van der Waals surface area contributed by atoms with Gasteiger partial charge < -0.3 is 5.32 Å². The van der Waals surface area contributed by atoms with Gasteiger partial charge in [-0.2, -0.15) is 55.3 Å². The molecule has 1 unspecified atom stereocenters. The molecule has 0 saturated heterocycles. The Morgan fingerprint density at radius 1 is 0.355 bits per heavy atom. The van der Waals surface area contributed by atoms with Gasteiger partial charge in [0.2, 0.25) is 0 Å². The summed E-state index contributed by atoms with van der Waals surface area (Å²) in [6.07, 6.45) is -2.44. The van der Waals surface area contributed by atoms with Gasteiger partial charge in [0.05, 0.1) is 27.7 Å². The molecule has 12 aromatic rings. The number of rotatable bonds is 31. The molecule has 0 saturated carbocycles. The third-order valence-electron chi connectivity index (χ3n) is 16.5. The van der Waals surface area contributed by atoms with Gasteiger partial charge in [-0.05, 0) is 103 Å². The van der Waals surface area contributed by atoms with E-state index in [1.54, 1.807) is 188 Å². The third kappa shape index (κ3) is 28.6. The number of alkyl halides is 3. The largest absolute Gasteiger partial charge is 0.416 e. The van der Waals surface area contributed by atoms with Crippen LogP contribution in [0.1, 0.15) is 95.8 Å². The maximum atomic E-state index is 13.1. The molecule has 1 amide bonds. The fourth-order valence-electron chi connectivity index (χ4n) is 10.3. The highest BCUT2D eigenvalue weighted by Gasteiger charge is 2.32. The minimum Gasteiger partial charge on any atom is -0.303 e. The summed E-state index contributed by atoms with van der Waals surface area (Å²) in [4.78, 5) is 12.7. The zero-order valence-corrected chi connectivity index (χ0v) is 69.6. The van der Waals surface area contributed by atoms with E-state index >= 15 is 0 Å². The predicted molar refractivity (Wildman–Crippen MR) is 458 cm³/mol. The van der Waals surface area contributed by atoms with Gasteiger partial charge in [-0.3, -0.25) is 30.5 Å². The molecule has 1 atom stereocenters. The number of nitrogens with one attached hydrogen (secondary N) is 1. The molecule has 0 aliphatic rings. The van der Waals surface area contributed by atoms with Crippen LogP contribution in [0.15, 0.2) is 390 Å². The van der Waals surface area contributed by atoms with Gasteiger partial charge in [-0.1, -0.05) is 325 Å². The maximum Gasteiger partial charge on any atom is 0.416 e. The van der Waals surface area contributed by atoms with E-state index in [0.717, 1.165) is 34.5 Å². The van der Waals surface area contributed by atoms with Crippen molar-refractivity contribution in [2.24, 2.45) is 30.9 Å².